The summed E-state index contributed by atoms with van der Waals surface area (Å²) in [5.41, 5.74) is 12.7. The Bertz CT molecular complexity index is 2930. The van der Waals surface area contributed by atoms with Crippen molar-refractivity contribution in [1.29, 1.82) is 0 Å². The molecule has 0 saturated carbocycles. The number of hydrogen-bond acceptors (Lipinski definition) is 1. The summed E-state index contributed by atoms with van der Waals surface area (Å²) in [5, 5.41) is 7.93. The standard InChI is InChI=1S/C45H30N2S/c1-45(2)36-25-27(46-38-15-7-3-11-31(38)32-12-4-8-16-39(32)46)19-21-29(36)30-22-20-28(26-37(30)45)47-40-17-9-5-14-35(40)43-41(47)24-23-34-33-13-6-10-18-42(33)48-44(34)43/h3-26H,1-2H3. The number of hydrogen-bond donors (Lipinski definition) is 0. The van der Waals surface area contributed by atoms with E-state index in [0.717, 1.165) is 0 Å². The van der Waals surface area contributed by atoms with Crippen molar-refractivity contribution in [3.05, 3.63) is 157 Å². The van der Waals surface area contributed by atoms with Crippen molar-refractivity contribution in [2.75, 3.05) is 0 Å². The molecule has 0 spiro atoms. The highest BCUT2D eigenvalue weighted by atomic mass is 32.1. The van der Waals surface area contributed by atoms with Gasteiger partial charge in [-0.3, -0.25) is 0 Å². The van der Waals surface area contributed by atoms with E-state index in [1.807, 2.05) is 11.3 Å². The van der Waals surface area contributed by atoms with Crippen molar-refractivity contribution >= 4 is 75.1 Å². The molecule has 3 heterocycles. The smallest absolute Gasteiger partial charge is 0.0555 e. The average Bonchev–Trinajstić information content (AvgIpc) is 3.83. The Labute approximate surface area is 281 Å². The van der Waals surface area contributed by atoms with E-state index in [9.17, 15) is 0 Å². The van der Waals surface area contributed by atoms with Gasteiger partial charge < -0.3 is 9.13 Å². The second kappa shape index (κ2) is 9.25. The van der Waals surface area contributed by atoms with Crippen molar-refractivity contribution < 1.29 is 0 Å². The lowest BCUT2D eigenvalue weighted by atomic mass is 9.82. The molecule has 0 radical (unpaired) electrons. The molecule has 3 heteroatoms. The molecule has 0 aliphatic heterocycles. The molecule has 3 aromatic heterocycles. The van der Waals surface area contributed by atoms with E-state index in [2.05, 4.69) is 169 Å². The summed E-state index contributed by atoms with van der Waals surface area (Å²) in [4.78, 5) is 0. The Morgan fingerprint density at radius 2 is 0.938 bits per heavy atom. The van der Waals surface area contributed by atoms with Crippen molar-refractivity contribution in [2.24, 2.45) is 0 Å². The molecule has 1 aliphatic carbocycles. The topological polar surface area (TPSA) is 9.86 Å². The first-order valence-corrected chi connectivity index (χ1v) is 17.5. The third-order valence-corrected chi connectivity index (χ3v) is 12.1. The minimum absolute atomic E-state index is 0.160. The van der Waals surface area contributed by atoms with Gasteiger partial charge in [-0.05, 0) is 76.9 Å². The SMILES string of the molecule is CC1(C)c2cc(-n3c4ccccc4c4ccccc43)ccc2-c2ccc(-n3c4ccccc4c4c5sc6ccccc6c5ccc43)cc21. The number of para-hydroxylation sites is 3. The Morgan fingerprint density at radius 3 is 1.56 bits per heavy atom. The highest BCUT2D eigenvalue weighted by Gasteiger charge is 2.36. The zero-order valence-corrected chi connectivity index (χ0v) is 27.5. The monoisotopic (exact) mass is 630 g/mol. The third kappa shape index (κ3) is 3.31. The summed E-state index contributed by atoms with van der Waals surface area (Å²) < 4.78 is 7.63. The van der Waals surface area contributed by atoms with Crippen LogP contribution in [0.4, 0.5) is 0 Å². The van der Waals surface area contributed by atoms with Crippen LogP contribution in [0.5, 0.6) is 0 Å². The summed E-state index contributed by atoms with van der Waals surface area (Å²) in [7, 11) is 0. The van der Waals surface area contributed by atoms with Gasteiger partial charge in [-0.2, -0.15) is 0 Å². The molecular formula is C45H30N2S. The molecule has 0 amide bonds. The maximum atomic E-state index is 2.48. The van der Waals surface area contributed by atoms with Crippen LogP contribution >= 0.6 is 11.3 Å². The maximum absolute atomic E-state index is 2.48. The van der Waals surface area contributed by atoms with Crippen LogP contribution in [-0.4, -0.2) is 9.13 Å². The first kappa shape index (κ1) is 26.4. The van der Waals surface area contributed by atoms with Gasteiger partial charge >= 0.3 is 0 Å². The van der Waals surface area contributed by atoms with Crippen molar-refractivity contribution in [1.82, 2.24) is 9.13 Å². The van der Waals surface area contributed by atoms with E-state index in [0.29, 0.717) is 0 Å². The Hall–Kier alpha value is -5.64. The summed E-state index contributed by atoms with van der Waals surface area (Å²) in [6.45, 7) is 4.79. The molecule has 0 atom stereocenters. The van der Waals surface area contributed by atoms with Gasteiger partial charge in [-0.15, -0.1) is 11.3 Å². The molecule has 10 aromatic rings. The number of rotatable bonds is 2. The quantitative estimate of drug-likeness (QED) is 0.180. The van der Waals surface area contributed by atoms with Gasteiger partial charge in [-0.25, -0.2) is 0 Å². The fourth-order valence-electron chi connectivity index (χ4n) is 8.71. The number of benzene rings is 7. The largest absolute Gasteiger partial charge is 0.309 e. The van der Waals surface area contributed by atoms with Crippen LogP contribution in [0.15, 0.2) is 146 Å². The van der Waals surface area contributed by atoms with Gasteiger partial charge in [0.2, 0.25) is 0 Å². The van der Waals surface area contributed by atoms with Gasteiger partial charge in [-0.1, -0.05) is 105 Å². The number of nitrogens with zero attached hydrogens (tertiary/aromatic N) is 2. The average molecular weight is 631 g/mol. The van der Waals surface area contributed by atoms with Crippen molar-refractivity contribution in [2.45, 2.75) is 19.3 Å². The first-order chi connectivity index (χ1) is 23.6. The van der Waals surface area contributed by atoms with Gasteiger partial charge in [0, 0.05) is 58.5 Å². The molecule has 0 saturated heterocycles. The lowest BCUT2D eigenvalue weighted by Crippen LogP contribution is -2.16. The van der Waals surface area contributed by atoms with Crippen LogP contribution in [0.1, 0.15) is 25.0 Å². The minimum atomic E-state index is -0.160. The molecule has 2 nitrogen and oxygen atoms in total. The molecular weight excluding hydrogens is 601 g/mol. The third-order valence-electron chi connectivity index (χ3n) is 10.9. The molecule has 0 N–H and O–H groups in total. The maximum Gasteiger partial charge on any atom is 0.0555 e. The number of fused-ring (bicyclic) bond motifs is 13. The van der Waals surface area contributed by atoms with Crippen LogP contribution in [0, 0.1) is 0 Å². The second-order valence-corrected chi connectivity index (χ2v) is 14.8. The Morgan fingerprint density at radius 1 is 0.438 bits per heavy atom. The molecule has 1 aliphatic rings. The summed E-state index contributed by atoms with van der Waals surface area (Å²) >= 11 is 1.91. The van der Waals surface area contributed by atoms with E-state index in [4.69, 9.17) is 0 Å². The van der Waals surface area contributed by atoms with Crippen LogP contribution in [0.2, 0.25) is 0 Å². The van der Waals surface area contributed by atoms with E-state index in [-0.39, 0.29) is 5.41 Å². The van der Waals surface area contributed by atoms with Gasteiger partial charge in [0.15, 0.2) is 0 Å². The van der Waals surface area contributed by atoms with Gasteiger partial charge in [0.05, 0.1) is 22.1 Å². The summed E-state index contributed by atoms with van der Waals surface area (Å²) in [6.07, 6.45) is 0. The van der Waals surface area contributed by atoms with Gasteiger partial charge in [0.1, 0.15) is 0 Å². The number of aromatic nitrogens is 2. The highest BCUT2D eigenvalue weighted by molar-refractivity contribution is 7.26. The lowest BCUT2D eigenvalue weighted by Gasteiger charge is -2.23. The molecule has 48 heavy (non-hydrogen) atoms. The summed E-state index contributed by atoms with van der Waals surface area (Å²) in [5.74, 6) is 0. The van der Waals surface area contributed by atoms with E-state index in [1.54, 1.807) is 0 Å². The van der Waals surface area contributed by atoms with Crippen LogP contribution in [0.3, 0.4) is 0 Å². The van der Waals surface area contributed by atoms with Crippen LogP contribution in [0.25, 0.3) is 86.3 Å². The summed E-state index contributed by atoms with van der Waals surface area (Å²) in [6, 6.07) is 54.1. The van der Waals surface area contributed by atoms with E-state index < -0.39 is 0 Å². The van der Waals surface area contributed by atoms with E-state index >= 15 is 0 Å². The zero-order valence-electron chi connectivity index (χ0n) is 26.7. The van der Waals surface area contributed by atoms with Crippen LogP contribution in [-0.2, 0) is 5.41 Å². The lowest BCUT2D eigenvalue weighted by molar-refractivity contribution is 0.659. The van der Waals surface area contributed by atoms with Crippen LogP contribution < -0.4 is 0 Å². The fraction of sp³-hybridized carbons (Fsp3) is 0.0667. The van der Waals surface area contributed by atoms with E-state index in [1.165, 1.54) is 97.4 Å². The highest BCUT2D eigenvalue weighted by Crippen LogP contribution is 2.51. The Balaban J connectivity index is 1.11. The normalized spacial score (nSPS) is 13.8. The first-order valence-electron chi connectivity index (χ1n) is 16.7. The molecule has 0 fully saturated rings. The molecule has 7 aromatic carbocycles. The molecule has 11 rings (SSSR count). The molecule has 226 valence electrons. The fourth-order valence-corrected chi connectivity index (χ4v) is 9.96. The Kier molecular flexibility index (Phi) is 5.09. The molecule has 0 bridgehead atoms. The zero-order chi connectivity index (χ0) is 31.7. The second-order valence-electron chi connectivity index (χ2n) is 13.7. The van der Waals surface area contributed by atoms with Crippen molar-refractivity contribution in [3.63, 3.8) is 0 Å². The predicted molar refractivity (Wildman–Crippen MR) is 206 cm³/mol. The molecule has 0 unspecified atom stereocenters. The van der Waals surface area contributed by atoms with Gasteiger partial charge in [0.25, 0.3) is 0 Å². The minimum Gasteiger partial charge on any atom is -0.309 e. The number of thiophene rings is 1. The van der Waals surface area contributed by atoms with Crippen molar-refractivity contribution in [3.8, 4) is 22.5 Å². The predicted octanol–water partition coefficient (Wildman–Crippen LogP) is 12.6.